The highest BCUT2D eigenvalue weighted by Gasteiger charge is 2.31. The van der Waals surface area contributed by atoms with Crippen LogP contribution >= 0.6 is 0 Å². The molecule has 1 aromatic heterocycles. The molecule has 0 saturated carbocycles. The largest absolute Gasteiger partial charge is 0.465 e. The summed E-state index contributed by atoms with van der Waals surface area (Å²) in [5.41, 5.74) is 3.51. The molecule has 0 spiro atoms. The molecule has 3 heterocycles. The molecule has 0 aliphatic carbocycles. The number of H-pyrrole nitrogens is 1. The van der Waals surface area contributed by atoms with Gasteiger partial charge in [0.1, 0.15) is 6.10 Å². The van der Waals surface area contributed by atoms with E-state index in [0.717, 1.165) is 41.4 Å². The Morgan fingerprint density at radius 2 is 2.25 bits per heavy atom. The number of benzene rings is 1. The molecule has 0 radical (unpaired) electrons. The Kier molecular flexibility index (Phi) is 3.76. The minimum absolute atomic E-state index is 0.0802. The molecular formula is C18H20N2O4. The third-order valence-electron chi connectivity index (χ3n) is 4.93. The van der Waals surface area contributed by atoms with Crippen molar-refractivity contribution in [3.63, 3.8) is 0 Å². The highest BCUT2D eigenvalue weighted by molar-refractivity contribution is 6.04. The van der Waals surface area contributed by atoms with Crippen molar-refractivity contribution in [3.8, 4) is 0 Å². The van der Waals surface area contributed by atoms with E-state index in [1.54, 1.807) is 6.07 Å². The number of hydrogen-bond acceptors (Lipinski definition) is 4. The summed E-state index contributed by atoms with van der Waals surface area (Å²) < 4.78 is 10.4. The molecule has 1 saturated heterocycles. The number of amides is 1. The molecule has 1 N–H and O–H groups in total. The Morgan fingerprint density at radius 1 is 1.38 bits per heavy atom. The third-order valence-corrected chi connectivity index (χ3v) is 4.93. The number of carbonyl (C=O) groups is 2. The van der Waals surface area contributed by atoms with E-state index in [1.807, 2.05) is 17.0 Å². The number of hydrogen-bond donors (Lipinski definition) is 1. The molecule has 4 rings (SSSR count). The van der Waals surface area contributed by atoms with E-state index in [0.29, 0.717) is 25.3 Å². The van der Waals surface area contributed by atoms with Crippen LogP contribution in [0.15, 0.2) is 18.2 Å². The SMILES string of the molecule is COC(=O)c1cccc2c3c([nH]c12)CCN(C(=O)[C@H]1CCCO1)C3. The van der Waals surface area contributed by atoms with Gasteiger partial charge < -0.3 is 19.4 Å². The monoisotopic (exact) mass is 328 g/mol. The van der Waals surface area contributed by atoms with Gasteiger partial charge in [0.25, 0.3) is 5.91 Å². The molecule has 1 fully saturated rings. The van der Waals surface area contributed by atoms with E-state index in [9.17, 15) is 9.59 Å². The predicted molar refractivity (Wildman–Crippen MR) is 87.7 cm³/mol. The summed E-state index contributed by atoms with van der Waals surface area (Å²) in [7, 11) is 1.38. The fraction of sp³-hybridized carbons (Fsp3) is 0.444. The van der Waals surface area contributed by atoms with Crippen LogP contribution in [0.25, 0.3) is 10.9 Å². The second-order valence-corrected chi connectivity index (χ2v) is 6.31. The quantitative estimate of drug-likeness (QED) is 0.856. The van der Waals surface area contributed by atoms with Crippen LogP contribution in [0.5, 0.6) is 0 Å². The molecule has 1 atom stereocenters. The number of fused-ring (bicyclic) bond motifs is 3. The lowest BCUT2D eigenvalue weighted by atomic mass is 10.0. The number of rotatable bonds is 2. The van der Waals surface area contributed by atoms with Crippen molar-refractivity contribution in [2.75, 3.05) is 20.3 Å². The normalized spacial score (nSPS) is 20.2. The maximum absolute atomic E-state index is 12.6. The van der Waals surface area contributed by atoms with Crippen molar-refractivity contribution in [3.05, 3.63) is 35.0 Å². The van der Waals surface area contributed by atoms with Gasteiger partial charge in [-0.15, -0.1) is 0 Å². The molecule has 126 valence electrons. The molecule has 2 aliphatic rings. The Morgan fingerprint density at radius 3 is 3.00 bits per heavy atom. The van der Waals surface area contributed by atoms with Crippen molar-refractivity contribution in [2.24, 2.45) is 0 Å². The van der Waals surface area contributed by atoms with Gasteiger partial charge in [-0.05, 0) is 18.9 Å². The zero-order valence-corrected chi connectivity index (χ0v) is 13.6. The van der Waals surface area contributed by atoms with Crippen molar-refractivity contribution in [2.45, 2.75) is 31.9 Å². The van der Waals surface area contributed by atoms with Gasteiger partial charge in [-0.1, -0.05) is 12.1 Å². The number of ether oxygens (including phenoxy) is 2. The van der Waals surface area contributed by atoms with Crippen LogP contribution in [0.2, 0.25) is 0 Å². The summed E-state index contributed by atoms with van der Waals surface area (Å²) in [5.74, 6) is -0.275. The number of aromatic amines is 1. The molecular weight excluding hydrogens is 308 g/mol. The smallest absolute Gasteiger partial charge is 0.339 e. The zero-order valence-electron chi connectivity index (χ0n) is 13.6. The van der Waals surface area contributed by atoms with Gasteiger partial charge in [0.15, 0.2) is 0 Å². The second kappa shape index (κ2) is 5.94. The molecule has 2 aliphatic heterocycles. The molecule has 6 heteroatoms. The third kappa shape index (κ3) is 2.38. The average molecular weight is 328 g/mol. The molecule has 0 unspecified atom stereocenters. The van der Waals surface area contributed by atoms with Crippen LogP contribution in [0.1, 0.15) is 34.5 Å². The number of esters is 1. The summed E-state index contributed by atoms with van der Waals surface area (Å²) in [6.45, 7) is 1.90. The first-order chi connectivity index (χ1) is 11.7. The summed E-state index contributed by atoms with van der Waals surface area (Å²) in [6, 6.07) is 5.59. The topological polar surface area (TPSA) is 71.6 Å². The summed E-state index contributed by atoms with van der Waals surface area (Å²) in [4.78, 5) is 29.8. The highest BCUT2D eigenvalue weighted by atomic mass is 16.5. The van der Waals surface area contributed by atoms with E-state index in [4.69, 9.17) is 9.47 Å². The highest BCUT2D eigenvalue weighted by Crippen LogP contribution is 2.30. The number of para-hydroxylation sites is 1. The molecule has 24 heavy (non-hydrogen) atoms. The first kappa shape index (κ1) is 15.2. The Bertz CT molecular complexity index is 805. The van der Waals surface area contributed by atoms with Crippen LogP contribution in [0, 0.1) is 0 Å². The van der Waals surface area contributed by atoms with Crippen LogP contribution in [-0.4, -0.2) is 48.1 Å². The maximum Gasteiger partial charge on any atom is 0.339 e. The molecule has 1 aromatic carbocycles. The fourth-order valence-corrected chi connectivity index (χ4v) is 3.68. The summed E-state index contributed by atoms with van der Waals surface area (Å²) in [5, 5.41) is 0.984. The Balaban J connectivity index is 1.68. The van der Waals surface area contributed by atoms with Gasteiger partial charge in [0.05, 0.1) is 18.2 Å². The van der Waals surface area contributed by atoms with Crippen LogP contribution in [0.3, 0.4) is 0 Å². The van der Waals surface area contributed by atoms with Gasteiger partial charge in [-0.2, -0.15) is 0 Å². The lowest BCUT2D eigenvalue weighted by molar-refractivity contribution is -0.141. The maximum atomic E-state index is 12.6. The summed E-state index contributed by atoms with van der Waals surface area (Å²) >= 11 is 0. The minimum Gasteiger partial charge on any atom is -0.465 e. The molecule has 2 aromatic rings. The van der Waals surface area contributed by atoms with E-state index in [1.165, 1.54) is 7.11 Å². The van der Waals surface area contributed by atoms with Crippen LogP contribution in [-0.2, 0) is 27.2 Å². The molecule has 1 amide bonds. The fourth-order valence-electron chi connectivity index (χ4n) is 3.68. The number of aromatic nitrogens is 1. The van der Waals surface area contributed by atoms with Crippen LogP contribution in [0.4, 0.5) is 0 Å². The minimum atomic E-state index is -0.355. The van der Waals surface area contributed by atoms with Crippen molar-refractivity contribution < 1.29 is 19.1 Å². The number of nitrogens with one attached hydrogen (secondary N) is 1. The van der Waals surface area contributed by atoms with Gasteiger partial charge in [-0.25, -0.2) is 4.79 Å². The van der Waals surface area contributed by atoms with E-state index < -0.39 is 0 Å². The number of methoxy groups -OCH3 is 1. The Hall–Kier alpha value is -2.34. The van der Waals surface area contributed by atoms with Crippen molar-refractivity contribution in [1.29, 1.82) is 0 Å². The van der Waals surface area contributed by atoms with E-state index in [2.05, 4.69) is 4.98 Å². The number of carbonyl (C=O) groups excluding carboxylic acids is 2. The predicted octanol–water partition coefficient (Wildman–Crippen LogP) is 2.02. The Labute approximate surface area is 139 Å². The van der Waals surface area contributed by atoms with Gasteiger partial charge >= 0.3 is 5.97 Å². The first-order valence-corrected chi connectivity index (χ1v) is 8.30. The van der Waals surface area contributed by atoms with E-state index >= 15 is 0 Å². The zero-order chi connectivity index (χ0) is 16.7. The summed E-state index contributed by atoms with van der Waals surface area (Å²) in [6.07, 6.45) is 2.22. The lowest BCUT2D eigenvalue weighted by Crippen LogP contribution is -2.41. The first-order valence-electron chi connectivity index (χ1n) is 8.30. The molecule has 6 nitrogen and oxygen atoms in total. The van der Waals surface area contributed by atoms with Gasteiger partial charge in [0, 0.05) is 42.8 Å². The van der Waals surface area contributed by atoms with Gasteiger partial charge in [0.2, 0.25) is 0 Å². The van der Waals surface area contributed by atoms with Crippen molar-refractivity contribution in [1.82, 2.24) is 9.88 Å². The van der Waals surface area contributed by atoms with Gasteiger partial charge in [-0.3, -0.25) is 4.79 Å². The average Bonchev–Trinajstić information content (AvgIpc) is 3.27. The molecule has 0 bridgehead atoms. The standard InChI is InChI=1S/C18H20N2O4/c1-23-18(22)12-5-2-4-11-13-10-20(8-7-14(13)19-16(11)12)17(21)15-6-3-9-24-15/h2,4-5,15,19H,3,6-10H2,1H3/t15-/m1/s1. The van der Waals surface area contributed by atoms with Crippen molar-refractivity contribution >= 4 is 22.8 Å². The lowest BCUT2D eigenvalue weighted by Gasteiger charge is -2.29. The van der Waals surface area contributed by atoms with E-state index in [-0.39, 0.29) is 18.0 Å². The van der Waals surface area contributed by atoms with Crippen LogP contribution < -0.4 is 0 Å². The second-order valence-electron chi connectivity index (χ2n) is 6.31. The number of nitrogens with zero attached hydrogens (tertiary/aromatic N) is 1.